The molecule has 4 heteroatoms. The van der Waals surface area contributed by atoms with Crippen molar-refractivity contribution in [3.05, 3.63) is 52.5 Å². The van der Waals surface area contributed by atoms with Crippen LogP contribution in [0.15, 0.2) is 41.3 Å². The number of H-pyrrole nitrogens is 1. The molecular weight excluding hydrogens is 290 g/mol. The molecule has 0 aliphatic heterocycles. The van der Waals surface area contributed by atoms with Crippen LogP contribution in [0.25, 0.3) is 0 Å². The van der Waals surface area contributed by atoms with Crippen LogP contribution in [0.4, 0.5) is 0 Å². The van der Waals surface area contributed by atoms with Crippen LogP contribution in [-0.4, -0.2) is 16.5 Å². The summed E-state index contributed by atoms with van der Waals surface area (Å²) in [7, 11) is 0. The van der Waals surface area contributed by atoms with Gasteiger partial charge in [0, 0.05) is 35.4 Å². The molecule has 0 saturated heterocycles. The van der Waals surface area contributed by atoms with Crippen molar-refractivity contribution in [2.24, 2.45) is 0 Å². The van der Waals surface area contributed by atoms with Crippen LogP contribution in [0.3, 0.4) is 0 Å². The first kappa shape index (κ1) is 13.3. The Morgan fingerprint density at radius 1 is 1.44 bits per heavy atom. The number of nitrogens with one attached hydrogen (secondary N) is 2. The molecule has 0 bridgehead atoms. The van der Waals surface area contributed by atoms with E-state index in [0.717, 1.165) is 23.9 Å². The maximum absolute atomic E-state index is 4.02. The number of hydrogen-bond donors (Lipinski definition) is 2. The van der Waals surface area contributed by atoms with E-state index >= 15 is 0 Å². The predicted octanol–water partition coefficient (Wildman–Crippen LogP) is 3.46. The summed E-state index contributed by atoms with van der Waals surface area (Å²) in [6.07, 6.45) is 5.66. The molecule has 1 heterocycles. The summed E-state index contributed by atoms with van der Waals surface area (Å²) >= 11 is 3.52. The first-order valence-corrected chi connectivity index (χ1v) is 7.05. The first-order chi connectivity index (χ1) is 8.79. The number of benzene rings is 1. The van der Waals surface area contributed by atoms with E-state index in [1.54, 1.807) is 6.33 Å². The maximum Gasteiger partial charge on any atom is 0.0921 e. The second kappa shape index (κ2) is 6.71. The minimum absolute atomic E-state index is 0.408. The van der Waals surface area contributed by atoms with Gasteiger partial charge in [0.1, 0.15) is 0 Å². The highest BCUT2D eigenvalue weighted by molar-refractivity contribution is 9.10. The number of rotatable bonds is 6. The van der Waals surface area contributed by atoms with E-state index in [-0.39, 0.29) is 0 Å². The molecule has 1 unspecified atom stereocenters. The molecule has 0 aliphatic carbocycles. The first-order valence-electron chi connectivity index (χ1n) is 6.25. The topological polar surface area (TPSA) is 40.7 Å². The van der Waals surface area contributed by atoms with Gasteiger partial charge in [-0.1, -0.05) is 35.0 Å². The van der Waals surface area contributed by atoms with Crippen LogP contribution in [0, 0.1) is 0 Å². The quantitative estimate of drug-likeness (QED) is 0.858. The van der Waals surface area contributed by atoms with Gasteiger partial charge in [0.2, 0.25) is 0 Å². The summed E-state index contributed by atoms with van der Waals surface area (Å²) in [5, 5.41) is 3.58. The summed E-state index contributed by atoms with van der Waals surface area (Å²) in [6.45, 7) is 3.15. The monoisotopic (exact) mass is 307 g/mol. The van der Waals surface area contributed by atoms with Crippen molar-refractivity contribution >= 4 is 15.9 Å². The fraction of sp³-hybridized carbons (Fsp3) is 0.357. The molecule has 0 radical (unpaired) electrons. The van der Waals surface area contributed by atoms with E-state index in [1.165, 1.54) is 11.3 Å². The summed E-state index contributed by atoms with van der Waals surface area (Å²) < 4.78 is 1.13. The van der Waals surface area contributed by atoms with Crippen LogP contribution in [-0.2, 0) is 6.42 Å². The molecule has 0 saturated carbocycles. The Bertz CT molecular complexity index is 468. The average Bonchev–Trinajstić information content (AvgIpc) is 2.88. The van der Waals surface area contributed by atoms with Crippen molar-refractivity contribution in [2.45, 2.75) is 25.8 Å². The number of aromatic nitrogens is 2. The zero-order chi connectivity index (χ0) is 12.8. The maximum atomic E-state index is 4.02. The summed E-state index contributed by atoms with van der Waals surface area (Å²) in [5.41, 5.74) is 2.50. The zero-order valence-corrected chi connectivity index (χ0v) is 12.1. The summed E-state index contributed by atoms with van der Waals surface area (Å²) in [6, 6.07) is 8.89. The molecule has 96 valence electrons. The highest BCUT2D eigenvalue weighted by Crippen LogP contribution is 2.20. The van der Waals surface area contributed by atoms with Crippen LogP contribution in [0.1, 0.15) is 30.6 Å². The SMILES string of the molecule is CCC(NCCc1cnc[nH]1)c1cccc(Br)c1. The Balaban J connectivity index is 1.89. The second-order valence-electron chi connectivity index (χ2n) is 4.30. The largest absolute Gasteiger partial charge is 0.348 e. The van der Waals surface area contributed by atoms with E-state index in [2.05, 4.69) is 62.4 Å². The highest BCUT2D eigenvalue weighted by Gasteiger charge is 2.08. The van der Waals surface area contributed by atoms with Crippen LogP contribution < -0.4 is 5.32 Å². The van der Waals surface area contributed by atoms with Crippen molar-refractivity contribution in [3.8, 4) is 0 Å². The van der Waals surface area contributed by atoms with E-state index in [4.69, 9.17) is 0 Å². The fourth-order valence-electron chi connectivity index (χ4n) is 2.02. The Labute approximate surface area is 116 Å². The van der Waals surface area contributed by atoms with Crippen molar-refractivity contribution in [1.82, 2.24) is 15.3 Å². The highest BCUT2D eigenvalue weighted by atomic mass is 79.9. The molecule has 2 N–H and O–H groups in total. The molecular formula is C14H18BrN3. The van der Waals surface area contributed by atoms with Crippen LogP contribution in [0.5, 0.6) is 0 Å². The number of aromatic amines is 1. The smallest absolute Gasteiger partial charge is 0.0921 e. The molecule has 1 aromatic heterocycles. The normalized spacial score (nSPS) is 12.6. The summed E-state index contributed by atoms with van der Waals surface area (Å²) in [4.78, 5) is 7.14. The molecule has 0 fully saturated rings. The lowest BCUT2D eigenvalue weighted by Crippen LogP contribution is -2.23. The third-order valence-electron chi connectivity index (χ3n) is 3.00. The average molecular weight is 308 g/mol. The molecule has 0 aliphatic rings. The van der Waals surface area contributed by atoms with Crippen molar-refractivity contribution in [2.75, 3.05) is 6.54 Å². The predicted molar refractivity (Wildman–Crippen MR) is 77.5 cm³/mol. The molecule has 0 spiro atoms. The van der Waals surface area contributed by atoms with Gasteiger partial charge in [0.15, 0.2) is 0 Å². The van der Waals surface area contributed by atoms with Gasteiger partial charge in [-0.15, -0.1) is 0 Å². The lowest BCUT2D eigenvalue weighted by atomic mass is 10.0. The second-order valence-corrected chi connectivity index (χ2v) is 5.21. The molecule has 1 atom stereocenters. The van der Waals surface area contributed by atoms with Gasteiger partial charge < -0.3 is 10.3 Å². The number of halogens is 1. The minimum atomic E-state index is 0.408. The molecule has 2 aromatic rings. The van der Waals surface area contributed by atoms with Gasteiger partial charge in [0.25, 0.3) is 0 Å². The van der Waals surface area contributed by atoms with Gasteiger partial charge >= 0.3 is 0 Å². The number of nitrogens with zero attached hydrogens (tertiary/aromatic N) is 1. The van der Waals surface area contributed by atoms with E-state index in [0.29, 0.717) is 6.04 Å². The van der Waals surface area contributed by atoms with Gasteiger partial charge in [0.05, 0.1) is 6.33 Å². The van der Waals surface area contributed by atoms with E-state index in [1.807, 2.05) is 6.20 Å². The number of hydrogen-bond acceptors (Lipinski definition) is 2. The third kappa shape index (κ3) is 3.68. The summed E-state index contributed by atoms with van der Waals surface area (Å²) in [5.74, 6) is 0. The van der Waals surface area contributed by atoms with Gasteiger partial charge in [-0.05, 0) is 24.1 Å². The lowest BCUT2D eigenvalue weighted by molar-refractivity contribution is 0.521. The van der Waals surface area contributed by atoms with Crippen LogP contribution in [0.2, 0.25) is 0 Å². The van der Waals surface area contributed by atoms with Gasteiger partial charge in [-0.25, -0.2) is 4.98 Å². The molecule has 1 aromatic carbocycles. The van der Waals surface area contributed by atoms with Gasteiger partial charge in [-0.3, -0.25) is 0 Å². The Hall–Kier alpha value is -1.13. The van der Waals surface area contributed by atoms with Crippen molar-refractivity contribution < 1.29 is 0 Å². The Morgan fingerprint density at radius 3 is 3.00 bits per heavy atom. The third-order valence-corrected chi connectivity index (χ3v) is 3.49. The Kier molecular flexibility index (Phi) is 4.96. The fourth-order valence-corrected chi connectivity index (χ4v) is 2.44. The number of imidazole rings is 1. The van der Waals surface area contributed by atoms with E-state index in [9.17, 15) is 0 Å². The lowest BCUT2D eigenvalue weighted by Gasteiger charge is -2.17. The molecule has 0 amide bonds. The van der Waals surface area contributed by atoms with Gasteiger partial charge in [-0.2, -0.15) is 0 Å². The standard InChI is InChI=1S/C14H18BrN3/c1-2-14(11-4-3-5-12(15)8-11)17-7-6-13-9-16-10-18-13/h3-5,8-10,14,17H,2,6-7H2,1H3,(H,16,18). The molecule has 2 rings (SSSR count). The minimum Gasteiger partial charge on any atom is -0.348 e. The Morgan fingerprint density at radius 2 is 2.33 bits per heavy atom. The van der Waals surface area contributed by atoms with E-state index < -0.39 is 0 Å². The zero-order valence-electron chi connectivity index (χ0n) is 10.5. The molecule has 3 nitrogen and oxygen atoms in total. The molecule has 18 heavy (non-hydrogen) atoms. The van der Waals surface area contributed by atoms with Crippen LogP contribution >= 0.6 is 15.9 Å². The van der Waals surface area contributed by atoms with Crippen molar-refractivity contribution in [1.29, 1.82) is 0 Å². The van der Waals surface area contributed by atoms with Crippen molar-refractivity contribution in [3.63, 3.8) is 0 Å².